The minimum atomic E-state index is -3.93. The summed E-state index contributed by atoms with van der Waals surface area (Å²) in [6.45, 7) is 14.1. The van der Waals surface area contributed by atoms with Gasteiger partial charge in [-0.2, -0.15) is 8.61 Å². The van der Waals surface area contributed by atoms with Gasteiger partial charge in [0, 0.05) is 25.7 Å². The molecule has 1 saturated heterocycles. The summed E-state index contributed by atoms with van der Waals surface area (Å²) in [5, 5.41) is 0. The maximum atomic E-state index is 13.8. The molecule has 1 aliphatic heterocycles. The van der Waals surface area contributed by atoms with Gasteiger partial charge < -0.3 is 9.47 Å². The highest BCUT2D eigenvalue weighted by atomic mass is 32.2. The van der Waals surface area contributed by atoms with E-state index < -0.39 is 26.1 Å². The quantitative estimate of drug-likeness (QED) is 0.420. The Bertz CT molecular complexity index is 1310. The van der Waals surface area contributed by atoms with E-state index in [1.807, 2.05) is 53.7 Å². The molecular weight excluding hydrogens is 512 g/mol. The SMILES string of the molecule is CCOc1ccc(C(C)C)cc1S(=O)(=O)N1CCN(S(=O)(=O)c2cc(C(C)C)ccc2OCC)[C@H](C)C1. The zero-order valence-electron chi connectivity index (χ0n) is 22.9. The predicted molar refractivity (Wildman–Crippen MR) is 146 cm³/mol. The first-order valence-corrected chi connectivity index (χ1v) is 15.8. The molecular formula is C27H40N2O6S2. The van der Waals surface area contributed by atoms with Crippen LogP contribution in [0.3, 0.4) is 0 Å². The molecule has 0 N–H and O–H groups in total. The van der Waals surface area contributed by atoms with Gasteiger partial charge in [0.25, 0.3) is 0 Å². The molecule has 2 aromatic carbocycles. The first-order valence-electron chi connectivity index (χ1n) is 12.9. The Morgan fingerprint density at radius 3 is 1.65 bits per heavy atom. The third-order valence-electron chi connectivity index (χ3n) is 6.60. The van der Waals surface area contributed by atoms with Crippen molar-refractivity contribution in [2.75, 3.05) is 32.8 Å². The summed E-state index contributed by atoms with van der Waals surface area (Å²) in [7, 11) is -7.84. The molecule has 0 radical (unpaired) electrons. The number of rotatable bonds is 10. The van der Waals surface area contributed by atoms with E-state index in [0.29, 0.717) is 24.7 Å². The molecule has 1 heterocycles. The molecule has 0 bridgehead atoms. The maximum Gasteiger partial charge on any atom is 0.247 e. The number of piperazine rings is 1. The minimum absolute atomic E-state index is 0.0346. The molecule has 0 aliphatic carbocycles. The first kappa shape index (κ1) is 29.4. The Hall–Kier alpha value is -2.14. The Morgan fingerprint density at radius 2 is 1.24 bits per heavy atom. The number of benzene rings is 2. The van der Waals surface area contributed by atoms with Gasteiger partial charge in [-0.05, 0) is 68.0 Å². The van der Waals surface area contributed by atoms with Crippen LogP contribution >= 0.6 is 0 Å². The van der Waals surface area contributed by atoms with E-state index >= 15 is 0 Å². The average Bonchev–Trinajstić information content (AvgIpc) is 2.84. The van der Waals surface area contributed by atoms with Crippen LogP contribution in [0.15, 0.2) is 46.2 Å². The molecule has 1 atom stereocenters. The zero-order valence-corrected chi connectivity index (χ0v) is 24.5. The van der Waals surface area contributed by atoms with Crippen molar-refractivity contribution in [2.45, 2.75) is 76.1 Å². The van der Waals surface area contributed by atoms with Crippen molar-refractivity contribution in [3.63, 3.8) is 0 Å². The fourth-order valence-corrected chi connectivity index (χ4v) is 7.93. The second-order valence-electron chi connectivity index (χ2n) is 9.92. The molecule has 1 aliphatic rings. The molecule has 37 heavy (non-hydrogen) atoms. The van der Waals surface area contributed by atoms with E-state index in [1.54, 1.807) is 31.2 Å². The standard InChI is InChI=1S/C27H40N2O6S2/c1-8-34-24-12-10-22(19(3)4)16-26(24)36(30,31)28-14-15-29(21(7)18-28)37(32,33)27-17-23(20(5)6)11-13-25(27)35-9-2/h10-13,16-17,19-21H,8-9,14-15,18H2,1-7H3/t21-/m1/s1. The Labute approximate surface area is 222 Å². The van der Waals surface area contributed by atoms with E-state index in [2.05, 4.69) is 0 Å². The van der Waals surface area contributed by atoms with Crippen molar-refractivity contribution in [3.8, 4) is 11.5 Å². The number of nitrogens with zero attached hydrogens (tertiary/aromatic N) is 2. The number of hydrogen-bond donors (Lipinski definition) is 0. The Kier molecular flexibility index (Phi) is 9.32. The van der Waals surface area contributed by atoms with Gasteiger partial charge in [0.05, 0.1) is 13.2 Å². The second-order valence-corrected chi connectivity index (χ2v) is 13.7. The van der Waals surface area contributed by atoms with Crippen LogP contribution in [0.5, 0.6) is 11.5 Å². The molecule has 1 fully saturated rings. The molecule has 8 nitrogen and oxygen atoms in total. The van der Waals surface area contributed by atoms with Crippen molar-refractivity contribution in [1.82, 2.24) is 8.61 Å². The number of hydrogen-bond acceptors (Lipinski definition) is 6. The minimum Gasteiger partial charge on any atom is -0.492 e. The predicted octanol–water partition coefficient (Wildman–Crippen LogP) is 4.81. The monoisotopic (exact) mass is 552 g/mol. The van der Waals surface area contributed by atoms with Crippen molar-refractivity contribution in [2.24, 2.45) is 0 Å². The summed E-state index contributed by atoms with van der Waals surface area (Å²) in [4.78, 5) is 0.235. The van der Waals surface area contributed by atoms with Gasteiger partial charge >= 0.3 is 0 Å². The van der Waals surface area contributed by atoms with Crippen molar-refractivity contribution in [1.29, 1.82) is 0 Å². The molecule has 206 valence electrons. The number of sulfonamides is 2. The van der Waals surface area contributed by atoms with E-state index in [0.717, 1.165) is 11.1 Å². The van der Waals surface area contributed by atoms with Gasteiger partial charge in [-0.3, -0.25) is 0 Å². The van der Waals surface area contributed by atoms with Crippen LogP contribution in [0.25, 0.3) is 0 Å². The number of ether oxygens (including phenoxy) is 2. The van der Waals surface area contributed by atoms with E-state index in [4.69, 9.17) is 9.47 Å². The molecule has 0 spiro atoms. The van der Waals surface area contributed by atoms with Crippen molar-refractivity contribution < 1.29 is 26.3 Å². The van der Waals surface area contributed by atoms with Crippen molar-refractivity contribution in [3.05, 3.63) is 47.5 Å². The topological polar surface area (TPSA) is 93.2 Å². The zero-order chi connectivity index (χ0) is 27.5. The summed E-state index contributed by atoms with van der Waals surface area (Å²) >= 11 is 0. The third-order valence-corrected chi connectivity index (χ3v) is 10.5. The van der Waals surface area contributed by atoms with E-state index in [-0.39, 0.29) is 41.3 Å². The Morgan fingerprint density at radius 1 is 0.784 bits per heavy atom. The molecule has 10 heteroatoms. The van der Waals surface area contributed by atoms with Crippen LogP contribution in [-0.4, -0.2) is 64.3 Å². The highest BCUT2D eigenvalue weighted by Crippen LogP contribution is 2.35. The van der Waals surface area contributed by atoms with Gasteiger partial charge in [-0.1, -0.05) is 39.8 Å². The molecule has 3 rings (SSSR count). The highest BCUT2D eigenvalue weighted by molar-refractivity contribution is 7.89. The lowest BCUT2D eigenvalue weighted by Gasteiger charge is -2.38. The first-order chi connectivity index (χ1) is 17.3. The van der Waals surface area contributed by atoms with Crippen LogP contribution < -0.4 is 9.47 Å². The smallest absolute Gasteiger partial charge is 0.247 e. The van der Waals surface area contributed by atoms with Crippen LogP contribution in [-0.2, 0) is 20.0 Å². The van der Waals surface area contributed by atoms with E-state index in [1.165, 1.54) is 8.61 Å². The fourth-order valence-electron chi connectivity index (χ4n) is 4.47. The Balaban J connectivity index is 1.94. The highest BCUT2D eigenvalue weighted by Gasteiger charge is 2.40. The molecule has 0 amide bonds. The average molecular weight is 553 g/mol. The van der Waals surface area contributed by atoms with Gasteiger partial charge in [-0.15, -0.1) is 0 Å². The summed E-state index contributed by atoms with van der Waals surface area (Å²) in [5.74, 6) is 0.902. The summed E-state index contributed by atoms with van der Waals surface area (Å²) in [6, 6.07) is 9.93. The normalized spacial score (nSPS) is 17.9. The van der Waals surface area contributed by atoms with Gasteiger partial charge in [-0.25, -0.2) is 16.8 Å². The third kappa shape index (κ3) is 6.13. The molecule has 0 unspecified atom stereocenters. The van der Waals surface area contributed by atoms with Crippen LogP contribution in [0.2, 0.25) is 0 Å². The van der Waals surface area contributed by atoms with Gasteiger partial charge in [0.2, 0.25) is 20.0 Å². The summed E-state index contributed by atoms with van der Waals surface area (Å²) in [5.41, 5.74) is 1.79. The summed E-state index contributed by atoms with van der Waals surface area (Å²) < 4.78 is 69.2. The van der Waals surface area contributed by atoms with Crippen molar-refractivity contribution >= 4 is 20.0 Å². The van der Waals surface area contributed by atoms with E-state index in [9.17, 15) is 16.8 Å². The summed E-state index contributed by atoms with van der Waals surface area (Å²) in [6.07, 6.45) is 0. The van der Waals surface area contributed by atoms with Crippen LogP contribution in [0.4, 0.5) is 0 Å². The lowest BCUT2D eigenvalue weighted by molar-refractivity contribution is 0.211. The molecule has 0 aromatic heterocycles. The molecule has 0 saturated carbocycles. The van der Waals surface area contributed by atoms with Crippen LogP contribution in [0.1, 0.15) is 71.4 Å². The molecule has 2 aromatic rings. The fraction of sp³-hybridized carbons (Fsp3) is 0.556. The largest absolute Gasteiger partial charge is 0.492 e. The van der Waals surface area contributed by atoms with Gasteiger partial charge in [0.1, 0.15) is 21.3 Å². The maximum absolute atomic E-state index is 13.8. The van der Waals surface area contributed by atoms with Gasteiger partial charge in [0.15, 0.2) is 0 Å². The van der Waals surface area contributed by atoms with Crippen LogP contribution in [0, 0.1) is 0 Å². The lowest BCUT2D eigenvalue weighted by Crippen LogP contribution is -2.55. The lowest BCUT2D eigenvalue weighted by atomic mass is 10.0. The second kappa shape index (κ2) is 11.7.